The first-order valence-electron chi connectivity index (χ1n) is 7.76. The summed E-state index contributed by atoms with van der Waals surface area (Å²) >= 11 is 1.90. The van der Waals surface area contributed by atoms with Gasteiger partial charge in [0.1, 0.15) is 5.54 Å². The molecule has 0 aromatic heterocycles. The predicted molar refractivity (Wildman–Crippen MR) is 84.1 cm³/mol. The van der Waals surface area contributed by atoms with E-state index in [1.807, 2.05) is 18.7 Å². The van der Waals surface area contributed by atoms with Gasteiger partial charge in [0.2, 0.25) is 0 Å². The second-order valence-corrected chi connectivity index (χ2v) is 7.30. The lowest BCUT2D eigenvalue weighted by Crippen LogP contribution is -2.51. The second kappa shape index (κ2) is 8.90. The molecule has 0 heterocycles. The van der Waals surface area contributed by atoms with Crippen molar-refractivity contribution < 1.29 is 14.6 Å². The largest absolute Gasteiger partial charge is 0.465 e. The van der Waals surface area contributed by atoms with Crippen molar-refractivity contribution in [2.75, 3.05) is 19.8 Å². The van der Waals surface area contributed by atoms with Crippen molar-refractivity contribution in [3.63, 3.8) is 0 Å². The van der Waals surface area contributed by atoms with E-state index in [0.29, 0.717) is 17.1 Å². The molecule has 1 aliphatic rings. The number of aliphatic hydroxyl groups excluding tert-OH is 1. The predicted octanol–water partition coefficient (Wildman–Crippen LogP) is 2.34. The molecule has 20 heavy (non-hydrogen) atoms. The molecule has 1 rings (SSSR count). The van der Waals surface area contributed by atoms with Gasteiger partial charge < -0.3 is 15.2 Å². The Hall–Kier alpha value is -0.260. The molecule has 1 aliphatic carbocycles. The molecule has 0 aliphatic heterocycles. The normalized spacial score (nSPS) is 27.5. The number of nitrogens with one attached hydrogen (secondary N) is 1. The van der Waals surface area contributed by atoms with Crippen molar-refractivity contribution in [3.05, 3.63) is 0 Å². The minimum atomic E-state index is -0.484. The Kier molecular flexibility index (Phi) is 7.92. The maximum Gasteiger partial charge on any atom is 0.326 e. The third-order valence-electron chi connectivity index (χ3n) is 3.81. The van der Waals surface area contributed by atoms with E-state index in [-0.39, 0.29) is 12.6 Å². The molecular weight excluding hydrogens is 274 g/mol. The van der Waals surface area contributed by atoms with Gasteiger partial charge in [0.25, 0.3) is 0 Å². The summed E-state index contributed by atoms with van der Waals surface area (Å²) in [6.45, 7) is 7.63. The Labute approximate surface area is 127 Å². The van der Waals surface area contributed by atoms with Crippen LogP contribution in [0.5, 0.6) is 0 Å². The van der Waals surface area contributed by atoms with Crippen molar-refractivity contribution in [2.24, 2.45) is 0 Å². The van der Waals surface area contributed by atoms with Gasteiger partial charge in [-0.25, -0.2) is 0 Å². The van der Waals surface area contributed by atoms with E-state index in [9.17, 15) is 4.79 Å². The third kappa shape index (κ3) is 4.93. The molecule has 0 bridgehead atoms. The Bertz CT molecular complexity index is 301. The van der Waals surface area contributed by atoms with Crippen LogP contribution in [0.15, 0.2) is 0 Å². The van der Waals surface area contributed by atoms with Gasteiger partial charge in [0.05, 0.1) is 6.61 Å². The van der Waals surface area contributed by atoms with Crippen LogP contribution < -0.4 is 5.32 Å². The number of carbonyl (C=O) groups excluding carboxylic acids is 1. The molecule has 1 fully saturated rings. The van der Waals surface area contributed by atoms with Crippen molar-refractivity contribution >= 4 is 17.7 Å². The SMILES string of the molecule is CCCNC1(C(=O)OCC)CCC(SC(C)CCO)C1. The highest BCUT2D eigenvalue weighted by Gasteiger charge is 2.46. The van der Waals surface area contributed by atoms with Crippen molar-refractivity contribution in [2.45, 2.75) is 68.9 Å². The van der Waals surface area contributed by atoms with Gasteiger partial charge in [-0.15, -0.1) is 0 Å². The van der Waals surface area contributed by atoms with Crippen LogP contribution in [0.1, 0.15) is 52.9 Å². The number of esters is 1. The molecule has 0 saturated heterocycles. The number of rotatable bonds is 9. The molecule has 3 atom stereocenters. The summed E-state index contributed by atoms with van der Waals surface area (Å²) in [5, 5.41) is 13.3. The van der Waals surface area contributed by atoms with E-state index < -0.39 is 5.54 Å². The van der Waals surface area contributed by atoms with E-state index in [1.54, 1.807) is 0 Å². The van der Waals surface area contributed by atoms with E-state index in [4.69, 9.17) is 9.84 Å². The number of thioether (sulfide) groups is 1. The van der Waals surface area contributed by atoms with Crippen molar-refractivity contribution in [3.8, 4) is 0 Å². The summed E-state index contributed by atoms with van der Waals surface area (Å²) in [5.41, 5.74) is -0.484. The smallest absolute Gasteiger partial charge is 0.326 e. The topological polar surface area (TPSA) is 58.6 Å². The van der Waals surface area contributed by atoms with Gasteiger partial charge in [-0.3, -0.25) is 4.79 Å². The summed E-state index contributed by atoms with van der Waals surface area (Å²) in [5.74, 6) is -0.0913. The molecule has 0 radical (unpaired) electrons. The number of hydrogen-bond donors (Lipinski definition) is 2. The van der Waals surface area contributed by atoms with Crippen LogP contribution in [0.3, 0.4) is 0 Å². The molecule has 0 aromatic rings. The van der Waals surface area contributed by atoms with Gasteiger partial charge in [0, 0.05) is 17.1 Å². The Morgan fingerprint density at radius 1 is 1.55 bits per heavy atom. The quantitative estimate of drug-likeness (QED) is 0.640. The van der Waals surface area contributed by atoms with Crippen LogP contribution in [0, 0.1) is 0 Å². The van der Waals surface area contributed by atoms with E-state index in [2.05, 4.69) is 19.2 Å². The molecule has 0 aromatic carbocycles. The highest BCUT2D eigenvalue weighted by atomic mass is 32.2. The molecule has 118 valence electrons. The zero-order valence-electron chi connectivity index (χ0n) is 13.0. The minimum Gasteiger partial charge on any atom is -0.465 e. The third-order valence-corrected chi connectivity index (χ3v) is 5.30. The van der Waals surface area contributed by atoms with Crippen LogP contribution in [-0.2, 0) is 9.53 Å². The highest BCUT2D eigenvalue weighted by Crippen LogP contribution is 2.40. The average molecular weight is 303 g/mol. The van der Waals surface area contributed by atoms with Gasteiger partial charge >= 0.3 is 5.97 Å². The summed E-state index contributed by atoms with van der Waals surface area (Å²) in [6.07, 6.45) is 4.56. The van der Waals surface area contributed by atoms with Crippen LogP contribution >= 0.6 is 11.8 Å². The van der Waals surface area contributed by atoms with Gasteiger partial charge in [-0.2, -0.15) is 11.8 Å². The molecule has 3 unspecified atom stereocenters. The fraction of sp³-hybridized carbons (Fsp3) is 0.933. The fourth-order valence-corrected chi connectivity index (χ4v) is 4.28. The fourth-order valence-electron chi connectivity index (χ4n) is 2.75. The zero-order valence-corrected chi connectivity index (χ0v) is 13.8. The van der Waals surface area contributed by atoms with Crippen LogP contribution in [0.2, 0.25) is 0 Å². The van der Waals surface area contributed by atoms with E-state index >= 15 is 0 Å². The van der Waals surface area contributed by atoms with Crippen LogP contribution in [0.25, 0.3) is 0 Å². The van der Waals surface area contributed by atoms with Crippen molar-refractivity contribution in [1.29, 1.82) is 0 Å². The van der Waals surface area contributed by atoms with Crippen LogP contribution in [0.4, 0.5) is 0 Å². The lowest BCUT2D eigenvalue weighted by molar-refractivity contribution is -0.151. The van der Waals surface area contributed by atoms with Gasteiger partial charge in [-0.05, 0) is 45.6 Å². The monoisotopic (exact) mass is 303 g/mol. The second-order valence-electron chi connectivity index (χ2n) is 5.55. The van der Waals surface area contributed by atoms with Gasteiger partial charge in [0.15, 0.2) is 0 Å². The number of carbonyl (C=O) groups is 1. The average Bonchev–Trinajstić information content (AvgIpc) is 2.81. The number of hydrogen-bond acceptors (Lipinski definition) is 5. The maximum atomic E-state index is 12.3. The number of aliphatic hydroxyl groups is 1. The molecule has 2 N–H and O–H groups in total. The van der Waals surface area contributed by atoms with Crippen molar-refractivity contribution in [1.82, 2.24) is 5.32 Å². The zero-order chi connectivity index (χ0) is 15.0. The lowest BCUT2D eigenvalue weighted by Gasteiger charge is -2.28. The number of ether oxygens (including phenoxy) is 1. The molecule has 0 spiro atoms. The highest BCUT2D eigenvalue weighted by molar-refractivity contribution is 8.00. The standard InChI is InChI=1S/C15H29NO3S/c1-4-9-16-15(14(18)19-5-2)8-6-13(11-15)20-12(3)7-10-17/h12-13,16-17H,4-11H2,1-3H3. The summed E-state index contributed by atoms with van der Waals surface area (Å²) in [4.78, 5) is 12.3. The first-order valence-corrected chi connectivity index (χ1v) is 8.70. The first kappa shape index (κ1) is 17.8. The van der Waals surface area contributed by atoms with Crippen LogP contribution in [-0.4, -0.2) is 46.9 Å². The summed E-state index contributed by atoms with van der Waals surface area (Å²) in [7, 11) is 0. The van der Waals surface area contributed by atoms with Gasteiger partial charge in [-0.1, -0.05) is 13.8 Å². The molecular formula is C15H29NO3S. The Morgan fingerprint density at radius 2 is 2.30 bits per heavy atom. The molecule has 0 amide bonds. The summed E-state index contributed by atoms with van der Waals surface area (Å²) < 4.78 is 5.28. The van der Waals surface area contributed by atoms with E-state index in [1.165, 1.54) is 0 Å². The minimum absolute atomic E-state index is 0.0913. The first-order chi connectivity index (χ1) is 9.57. The Balaban J connectivity index is 2.61. The van der Waals surface area contributed by atoms with E-state index in [0.717, 1.165) is 38.6 Å². The molecule has 4 nitrogen and oxygen atoms in total. The molecule has 1 saturated carbocycles. The maximum absolute atomic E-state index is 12.3. The molecule has 5 heteroatoms. The Morgan fingerprint density at radius 3 is 2.90 bits per heavy atom. The summed E-state index contributed by atoms with van der Waals surface area (Å²) in [6, 6.07) is 0. The lowest BCUT2D eigenvalue weighted by atomic mass is 9.97.